The van der Waals surface area contributed by atoms with Crippen LogP contribution in [0.4, 0.5) is 18.9 Å². The minimum atomic E-state index is -4.85. The van der Waals surface area contributed by atoms with E-state index in [2.05, 4.69) is 0 Å². The third-order valence-corrected chi connectivity index (χ3v) is 1.70. The van der Waals surface area contributed by atoms with Gasteiger partial charge in [-0.1, -0.05) is 0 Å². The molecule has 0 saturated carbocycles. The van der Waals surface area contributed by atoms with Crippen LogP contribution < -0.4 is 5.73 Å². The van der Waals surface area contributed by atoms with Crippen LogP contribution in [0.25, 0.3) is 0 Å². The summed E-state index contributed by atoms with van der Waals surface area (Å²) in [5.41, 5.74) is 2.26. The van der Waals surface area contributed by atoms with E-state index < -0.39 is 34.7 Å². The number of anilines is 1. The Labute approximate surface area is 81.7 Å². The van der Waals surface area contributed by atoms with E-state index in [0.29, 0.717) is 12.1 Å². The lowest BCUT2D eigenvalue weighted by atomic mass is 10.1. The molecule has 0 amide bonds. The maximum atomic E-state index is 12.3. The van der Waals surface area contributed by atoms with Gasteiger partial charge < -0.3 is 15.9 Å². The highest BCUT2D eigenvalue weighted by Crippen LogP contribution is 2.36. The second-order valence-electron chi connectivity index (χ2n) is 2.76. The van der Waals surface area contributed by atoms with Gasteiger partial charge in [0, 0.05) is 0 Å². The lowest BCUT2D eigenvalue weighted by Gasteiger charge is -2.11. The van der Waals surface area contributed by atoms with E-state index in [0.717, 1.165) is 0 Å². The van der Waals surface area contributed by atoms with Crippen LogP contribution >= 0.6 is 0 Å². The summed E-state index contributed by atoms with van der Waals surface area (Å²) in [6, 6.07) is 0.860. The van der Waals surface area contributed by atoms with Crippen LogP contribution in [0, 0.1) is 0 Å². The fourth-order valence-electron chi connectivity index (χ4n) is 1.02. The van der Waals surface area contributed by atoms with Gasteiger partial charge in [-0.2, -0.15) is 13.2 Å². The molecule has 0 bridgehead atoms. The zero-order chi connectivity index (χ0) is 11.8. The number of aromatic carboxylic acids is 1. The molecular formula is C8H6F3NO3. The van der Waals surface area contributed by atoms with Gasteiger partial charge in [0.25, 0.3) is 0 Å². The molecule has 1 aromatic carbocycles. The molecule has 0 unspecified atom stereocenters. The number of nitrogen functional groups attached to an aromatic ring is 1. The Balaban J connectivity index is 3.49. The largest absolute Gasteiger partial charge is 0.506 e. The number of halogens is 3. The van der Waals surface area contributed by atoms with Crippen molar-refractivity contribution in [2.45, 2.75) is 6.18 Å². The van der Waals surface area contributed by atoms with Crippen molar-refractivity contribution in [1.29, 1.82) is 0 Å². The number of alkyl halides is 3. The number of carboxylic acid groups (broad SMARTS) is 1. The Bertz CT molecular complexity index is 414. The summed E-state index contributed by atoms with van der Waals surface area (Å²) < 4.78 is 36.9. The summed E-state index contributed by atoms with van der Waals surface area (Å²) in [5.74, 6) is -2.55. The summed E-state index contributed by atoms with van der Waals surface area (Å²) >= 11 is 0. The lowest BCUT2D eigenvalue weighted by molar-refractivity contribution is -0.138. The van der Waals surface area contributed by atoms with E-state index in [4.69, 9.17) is 15.9 Å². The Morgan fingerprint density at radius 1 is 1.33 bits per heavy atom. The van der Waals surface area contributed by atoms with Gasteiger partial charge in [-0.25, -0.2) is 4.79 Å². The summed E-state index contributed by atoms with van der Waals surface area (Å²) in [6.07, 6.45) is -4.85. The number of carbonyl (C=O) groups is 1. The molecule has 82 valence electrons. The summed E-state index contributed by atoms with van der Waals surface area (Å²) in [6.45, 7) is 0. The molecule has 0 aliphatic rings. The maximum absolute atomic E-state index is 12.3. The molecule has 0 atom stereocenters. The van der Waals surface area contributed by atoms with E-state index in [9.17, 15) is 18.0 Å². The van der Waals surface area contributed by atoms with Crippen molar-refractivity contribution in [3.05, 3.63) is 23.3 Å². The maximum Gasteiger partial charge on any atom is 0.417 e. The Morgan fingerprint density at radius 2 is 1.87 bits per heavy atom. The van der Waals surface area contributed by atoms with Gasteiger partial charge in [0.1, 0.15) is 5.75 Å². The Hall–Kier alpha value is -1.92. The molecule has 0 saturated heterocycles. The molecule has 4 N–H and O–H groups in total. The molecule has 0 aromatic heterocycles. The van der Waals surface area contributed by atoms with Crippen LogP contribution in [0.1, 0.15) is 15.9 Å². The standard InChI is InChI=1S/C8H6F3NO3/c9-8(10,11)4-2-6(13)5(12)1-3(4)7(14)15/h1-2,13H,12H2,(H,14,15). The minimum Gasteiger partial charge on any atom is -0.506 e. The number of hydrogen-bond donors (Lipinski definition) is 3. The van der Waals surface area contributed by atoms with Crippen molar-refractivity contribution in [2.24, 2.45) is 0 Å². The smallest absolute Gasteiger partial charge is 0.417 e. The van der Waals surface area contributed by atoms with E-state index in [-0.39, 0.29) is 0 Å². The topological polar surface area (TPSA) is 83.6 Å². The second kappa shape index (κ2) is 3.34. The van der Waals surface area contributed by atoms with Crippen LogP contribution in [-0.4, -0.2) is 16.2 Å². The van der Waals surface area contributed by atoms with E-state index in [1.54, 1.807) is 0 Å². The van der Waals surface area contributed by atoms with Crippen molar-refractivity contribution in [2.75, 3.05) is 5.73 Å². The zero-order valence-corrected chi connectivity index (χ0v) is 7.17. The number of benzene rings is 1. The van der Waals surface area contributed by atoms with E-state index in [1.807, 2.05) is 0 Å². The van der Waals surface area contributed by atoms with Crippen molar-refractivity contribution >= 4 is 11.7 Å². The first-order valence-corrected chi connectivity index (χ1v) is 3.66. The molecule has 7 heteroatoms. The summed E-state index contributed by atoms with van der Waals surface area (Å²) in [4.78, 5) is 10.5. The normalized spacial score (nSPS) is 11.4. The zero-order valence-electron chi connectivity index (χ0n) is 7.17. The molecule has 0 spiro atoms. The average Bonchev–Trinajstić information content (AvgIpc) is 2.06. The molecule has 0 radical (unpaired) electrons. The molecule has 0 heterocycles. The second-order valence-corrected chi connectivity index (χ2v) is 2.76. The number of phenolic OH excluding ortho intramolecular Hbond substituents is 1. The van der Waals surface area contributed by atoms with E-state index >= 15 is 0 Å². The van der Waals surface area contributed by atoms with Crippen LogP contribution in [0.5, 0.6) is 5.75 Å². The molecule has 1 aromatic rings. The van der Waals surface area contributed by atoms with Crippen molar-refractivity contribution in [3.63, 3.8) is 0 Å². The average molecular weight is 221 g/mol. The van der Waals surface area contributed by atoms with Gasteiger partial charge in [0.15, 0.2) is 0 Å². The van der Waals surface area contributed by atoms with Gasteiger partial charge in [0.2, 0.25) is 0 Å². The number of phenols is 1. The predicted octanol–water partition coefficient (Wildman–Crippen LogP) is 1.69. The van der Waals surface area contributed by atoms with Crippen LogP contribution in [0.2, 0.25) is 0 Å². The first-order valence-electron chi connectivity index (χ1n) is 3.66. The van der Waals surface area contributed by atoms with Crippen LogP contribution in [0.3, 0.4) is 0 Å². The van der Waals surface area contributed by atoms with Gasteiger partial charge in [-0.15, -0.1) is 0 Å². The highest BCUT2D eigenvalue weighted by atomic mass is 19.4. The molecular weight excluding hydrogens is 215 g/mol. The Morgan fingerprint density at radius 3 is 2.27 bits per heavy atom. The fraction of sp³-hybridized carbons (Fsp3) is 0.125. The van der Waals surface area contributed by atoms with Crippen molar-refractivity contribution in [1.82, 2.24) is 0 Å². The molecule has 0 aliphatic carbocycles. The number of hydrogen-bond acceptors (Lipinski definition) is 3. The van der Waals surface area contributed by atoms with Gasteiger partial charge in [0.05, 0.1) is 16.8 Å². The number of nitrogens with two attached hydrogens (primary N) is 1. The molecule has 0 aliphatic heterocycles. The summed E-state index contributed by atoms with van der Waals surface area (Å²) in [5, 5.41) is 17.5. The molecule has 1 rings (SSSR count). The highest BCUT2D eigenvalue weighted by molar-refractivity contribution is 5.91. The third-order valence-electron chi connectivity index (χ3n) is 1.70. The minimum absolute atomic E-state index is 0.290. The fourth-order valence-corrected chi connectivity index (χ4v) is 1.02. The first-order chi connectivity index (χ1) is 6.73. The van der Waals surface area contributed by atoms with Gasteiger partial charge in [-0.3, -0.25) is 0 Å². The first kappa shape index (κ1) is 11.2. The number of aromatic hydroxyl groups is 1. The number of carboxylic acids is 1. The third kappa shape index (κ3) is 2.12. The van der Waals surface area contributed by atoms with Crippen LogP contribution in [-0.2, 0) is 6.18 Å². The van der Waals surface area contributed by atoms with Crippen LogP contribution in [0.15, 0.2) is 12.1 Å². The predicted molar refractivity (Wildman–Crippen MR) is 44.5 cm³/mol. The van der Waals surface area contributed by atoms with Gasteiger partial charge in [-0.05, 0) is 12.1 Å². The molecule has 15 heavy (non-hydrogen) atoms. The number of rotatable bonds is 1. The Kier molecular flexibility index (Phi) is 2.48. The lowest BCUT2D eigenvalue weighted by Crippen LogP contribution is -2.13. The molecule has 4 nitrogen and oxygen atoms in total. The quantitative estimate of drug-likeness (QED) is 0.497. The van der Waals surface area contributed by atoms with Crippen molar-refractivity contribution < 1.29 is 28.2 Å². The highest BCUT2D eigenvalue weighted by Gasteiger charge is 2.36. The van der Waals surface area contributed by atoms with Crippen molar-refractivity contribution in [3.8, 4) is 5.75 Å². The molecule has 0 fully saturated rings. The van der Waals surface area contributed by atoms with Gasteiger partial charge >= 0.3 is 12.1 Å². The monoisotopic (exact) mass is 221 g/mol. The van der Waals surface area contributed by atoms with E-state index in [1.165, 1.54) is 0 Å². The SMILES string of the molecule is Nc1cc(C(=O)O)c(C(F)(F)F)cc1O. The summed E-state index contributed by atoms with van der Waals surface area (Å²) in [7, 11) is 0.